The van der Waals surface area contributed by atoms with E-state index in [2.05, 4.69) is 44.5 Å². The molecule has 1 saturated heterocycles. The number of anilines is 2. The lowest BCUT2D eigenvalue weighted by molar-refractivity contribution is -0.129. The third kappa shape index (κ3) is 3.79. The molecular weight excluding hydrogens is 304 g/mol. The fourth-order valence-corrected chi connectivity index (χ4v) is 2.76. The first kappa shape index (κ1) is 16.2. The first-order valence-electron chi connectivity index (χ1n) is 8.12. The van der Waals surface area contributed by atoms with Gasteiger partial charge < -0.3 is 15.1 Å². The van der Waals surface area contributed by atoms with E-state index in [9.17, 15) is 4.79 Å². The molecule has 0 aliphatic carbocycles. The molecule has 1 aromatic carbocycles. The summed E-state index contributed by atoms with van der Waals surface area (Å²) < 4.78 is 0. The van der Waals surface area contributed by atoms with Gasteiger partial charge in [-0.3, -0.25) is 4.79 Å². The summed E-state index contributed by atoms with van der Waals surface area (Å²) in [5.41, 5.74) is 2.44. The van der Waals surface area contributed by atoms with Crippen LogP contribution in [0.1, 0.15) is 18.1 Å². The highest BCUT2D eigenvalue weighted by Gasteiger charge is 2.20. The summed E-state index contributed by atoms with van der Waals surface area (Å²) in [5, 5.41) is 11.3. The number of rotatable bonds is 4. The topological polar surface area (TPSA) is 74.2 Å². The zero-order chi connectivity index (χ0) is 16.9. The van der Waals surface area contributed by atoms with E-state index in [1.165, 1.54) is 11.1 Å². The molecule has 126 valence electrons. The van der Waals surface area contributed by atoms with Crippen LogP contribution in [0, 0.1) is 6.92 Å². The van der Waals surface area contributed by atoms with Crippen LogP contribution in [0.15, 0.2) is 30.5 Å². The van der Waals surface area contributed by atoms with Crippen molar-refractivity contribution in [2.45, 2.75) is 20.4 Å². The Morgan fingerprint density at radius 3 is 2.67 bits per heavy atom. The largest absolute Gasteiger partial charge is 0.352 e. The van der Waals surface area contributed by atoms with Crippen molar-refractivity contribution in [1.82, 2.24) is 20.1 Å². The molecule has 1 fully saturated rings. The Hall–Kier alpha value is -2.70. The Labute approximate surface area is 141 Å². The van der Waals surface area contributed by atoms with Crippen LogP contribution < -0.4 is 10.2 Å². The highest BCUT2D eigenvalue weighted by Crippen LogP contribution is 2.15. The van der Waals surface area contributed by atoms with Crippen LogP contribution in [0.2, 0.25) is 0 Å². The van der Waals surface area contributed by atoms with Gasteiger partial charge in [-0.15, -0.1) is 5.10 Å². The van der Waals surface area contributed by atoms with Gasteiger partial charge in [-0.2, -0.15) is 10.1 Å². The molecule has 24 heavy (non-hydrogen) atoms. The molecule has 0 atom stereocenters. The van der Waals surface area contributed by atoms with Crippen molar-refractivity contribution in [1.29, 1.82) is 0 Å². The molecule has 1 aliphatic heterocycles. The van der Waals surface area contributed by atoms with E-state index in [1.54, 1.807) is 13.1 Å². The Morgan fingerprint density at radius 2 is 1.96 bits per heavy atom. The fraction of sp³-hybridized carbons (Fsp3) is 0.412. The summed E-state index contributed by atoms with van der Waals surface area (Å²) in [4.78, 5) is 19.9. The van der Waals surface area contributed by atoms with E-state index in [0.29, 0.717) is 25.6 Å². The second-order valence-corrected chi connectivity index (χ2v) is 5.91. The SMILES string of the molecule is CC(=O)N1CCN(c2cnnc(NCc3ccccc3C)n2)CC1. The normalized spacial score (nSPS) is 14.6. The molecule has 3 rings (SSSR count). The summed E-state index contributed by atoms with van der Waals surface area (Å²) in [6, 6.07) is 8.22. The molecular formula is C17H22N6O. The smallest absolute Gasteiger partial charge is 0.244 e. The van der Waals surface area contributed by atoms with Crippen molar-refractivity contribution in [2.24, 2.45) is 0 Å². The Bertz CT molecular complexity index is 712. The van der Waals surface area contributed by atoms with Crippen molar-refractivity contribution in [3.8, 4) is 0 Å². The molecule has 0 unspecified atom stereocenters. The number of aromatic nitrogens is 3. The predicted octanol–water partition coefficient (Wildman–Crippen LogP) is 1.46. The summed E-state index contributed by atoms with van der Waals surface area (Å²) in [6.45, 7) is 7.30. The first-order chi connectivity index (χ1) is 11.6. The highest BCUT2D eigenvalue weighted by atomic mass is 16.2. The Balaban J connectivity index is 1.62. The molecule has 7 heteroatoms. The standard InChI is InChI=1S/C17H22N6O/c1-13-5-3-4-6-15(13)11-18-17-20-16(12-19-21-17)23-9-7-22(8-10-23)14(2)24/h3-6,12H,7-11H2,1-2H3,(H,18,20,21). The van der Waals surface area contributed by atoms with E-state index in [0.717, 1.165) is 18.9 Å². The number of hydrogen-bond donors (Lipinski definition) is 1. The summed E-state index contributed by atoms with van der Waals surface area (Å²) >= 11 is 0. The van der Waals surface area contributed by atoms with Crippen molar-refractivity contribution in [2.75, 3.05) is 36.4 Å². The minimum Gasteiger partial charge on any atom is -0.352 e. The molecule has 2 heterocycles. The van der Waals surface area contributed by atoms with Gasteiger partial charge in [0.05, 0.1) is 6.20 Å². The Kier molecular flexibility index (Phi) is 4.88. The number of piperazine rings is 1. The maximum atomic E-state index is 11.4. The molecule has 0 saturated carbocycles. The quantitative estimate of drug-likeness (QED) is 0.917. The van der Waals surface area contributed by atoms with E-state index in [-0.39, 0.29) is 5.91 Å². The third-order valence-corrected chi connectivity index (χ3v) is 4.29. The van der Waals surface area contributed by atoms with Gasteiger partial charge in [0.15, 0.2) is 5.82 Å². The highest BCUT2D eigenvalue weighted by molar-refractivity contribution is 5.73. The fourth-order valence-electron chi connectivity index (χ4n) is 2.76. The molecule has 0 spiro atoms. The molecule has 1 aromatic heterocycles. The average molecular weight is 326 g/mol. The zero-order valence-corrected chi connectivity index (χ0v) is 14.1. The maximum Gasteiger partial charge on any atom is 0.244 e. The van der Waals surface area contributed by atoms with E-state index >= 15 is 0 Å². The predicted molar refractivity (Wildman–Crippen MR) is 92.8 cm³/mol. The van der Waals surface area contributed by atoms with Crippen LogP contribution in [0.3, 0.4) is 0 Å². The molecule has 1 N–H and O–H groups in total. The summed E-state index contributed by atoms with van der Waals surface area (Å²) in [5.74, 6) is 1.43. The van der Waals surface area contributed by atoms with Crippen LogP contribution in [0.25, 0.3) is 0 Å². The van der Waals surface area contributed by atoms with Crippen LogP contribution >= 0.6 is 0 Å². The number of carbonyl (C=O) groups excluding carboxylic acids is 1. The Morgan fingerprint density at radius 1 is 1.21 bits per heavy atom. The molecule has 0 bridgehead atoms. The van der Waals surface area contributed by atoms with Crippen LogP contribution in [-0.4, -0.2) is 52.2 Å². The van der Waals surface area contributed by atoms with Crippen molar-refractivity contribution < 1.29 is 4.79 Å². The lowest BCUT2D eigenvalue weighted by Crippen LogP contribution is -2.48. The van der Waals surface area contributed by atoms with Gasteiger partial charge in [0.2, 0.25) is 11.9 Å². The van der Waals surface area contributed by atoms with Gasteiger partial charge in [0, 0.05) is 39.6 Å². The average Bonchev–Trinajstić information content (AvgIpc) is 2.61. The maximum absolute atomic E-state index is 11.4. The summed E-state index contributed by atoms with van der Waals surface area (Å²) in [7, 11) is 0. The lowest BCUT2D eigenvalue weighted by Gasteiger charge is -2.34. The number of nitrogens with zero attached hydrogens (tertiary/aromatic N) is 5. The van der Waals surface area contributed by atoms with E-state index in [4.69, 9.17) is 0 Å². The van der Waals surface area contributed by atoms with Crippen molar-refractivity contribution in [3.63, 3.8) is 0 Å². The second kappa shape index (κ2) is 7.25. The van der Waals surface area contributed by atoms with Gasteiger partial charge in [-0.05, 0) is 18.1 Å². The number of hydrogen-bond acceptors (Lipinski definition) is 6. The minimum absolute atomic E-state index is 0.121. The van der Waals surface area contributed by atoms with Crippen molar-refractivity contribution in [3.05, 3.63) is 41.6 Å². The molecule has 2 aromatic rings. The number of carbonyl (C=O) groups is 1. The molecule has 0 radical (unpaired) electrons. The van der Waals surface area contributed by atoms with Gasteiger partial charge in [-0.1, -0.05) is 24.3 Å². The summed E-state index contributed by atoms with van der Waals surface area (Å²) in [6.07, 6.45) is 1.67. The number of amides is 1. The van der Waals surface area contributed by atoms with Gasteiger partial charge >= 0.3 is 0 Å². The third-order valence-electron chi connectivity index (χ3n) is 4.29. The second-order valence-electron chi connectivity index (χ2n) is 5.91. The number of benzene rings is 1. The van der Waals surface area contributed by atoms with Crippen LogP contribution in [0.5, 0.6) is 0 Å². The monoisotopic (exact) mass is 326 g/mol. The van der Waals surface area contributed by atoms with Crippen molar-refractivity contribution >= 4 is 17.7 Å². The van der Waals surface area contributed by atoms with E-state index in [1.807, 2.05) is 17.0 Å². The molecule has 1 aliphatic rings. The van der Waals surface area contributed by atoms with Gasteiger partial charge in [-0.25, -0.2) is 0 Å². The first-order valence-corrected chi connectivity index (χ1v) is 8.12. The van der Waals surface area contributed by atoms with E-state index < -0.39 is 0 Å². The zero-order valence-electron chi connectivity index (χ0n) is 14.1. The van der Waals surface area contributed by atoms with Gasteiger partial charge in [0.1, 0.15) is 0 Å². The van der Waals surface area contributed by atoms with Gasteiger partial charge in [0.25, 0.3) is 0 Å². The number of aryl methyl sites for hydroxylation is 1. The lowest BCUT2D eigenvalue weighted by atomic mass is 10.1. The minimum atomic E-state index is 0.121. The number of nitrogens with one attached hydrogen (secondary N) is 1. The molecule has 7 nitrogen and oxygen atoms in total. The van der Waals surface area contributed by atoms with Crippen LogP contribution in [0.4, 0.5) is 11.8 Å². The molecule has 1 amide bonds. The van der Waals surface area contributed by atoms with Crippen LogP contribution in [-0.2, 0) is 11.3 Å².